The van der Waals surface area contributed by atoms with Crippen LogP contribution in [0, 0.1) is 6.92 Å². The van der Waals surface area contributed by atoms with Crippen molar-refractivity contribution in [1.82, 2.24) is 24.4 Å². The normalized spacial score (nSPS) is 11.3. The first-order chi connectivity index (χ1) is 20.5. The fourth-order valence-corrected chi connectivity index (χ4v) is 5.69. The summed E-state index contributed by atoms with van der Waals surface area (Å²) in [6.45, 7) is 1.93. The van der Waals surface area contributed by atoms with Gasteiger partial charge in [0, 0.05) is 31.4 Å². The molecule has 12 nitrogen and oxygen atoms in total. The van der Waals surface area contributed by atoms with Crippen LogP contribution in [0.25, 0.3) is 5.69 Å². The molecule has 3 aromatic carbocycles. The molecule has 0 aliphatic heterocycles. The molecule has 0 fully saturated rings. The van der Waals surface area contributed by atoms with E-state index in [0.29, 0.717) is 33.9 Å². The van der Waals surface area contributed by atoms with Crippen LogP contribution < -0.4 is 20.1 Å². The Labute approximate surface area is 254 Å². The lowest BCUT2D eigenvalue weighted by atomic mass is 10.2. The number of amides is 2. The van der Waals surface area contributed by atoms with Gasteiger partial charge >= 0.3 is 0 Å². The topological polar surface area (TPSA) is 145 Å². The number of ether oxygens (including phenoxy) is 2. The summed E-state index contributed by atoms with van der Waals surface area (Å²) in [6, 6.07) is 18.4. The van der Waals surface area contributed by atoms with E-state index < -0.39 is 15.9 Å². The summed E-state index contributed by atoms with van der Waals surface area (Å²) in [4.78, 5) is 25.8. The first kappa shape index (κ1) is 31.5. The summed E-state index contributed by atoms with van der Waals surface area (Å²) in [5.41, 5.74) is 2.57. The van der Waals surface area contributed by atoms with E-state index in [1.165, 1.54) is 57.2 Å². The van der Waals surface area contributed by atoms with Gasteiger partial charge in [0.2, 0.25) is 15.9 Å². The third kappa shape index (κ3) is 7.52. The van der Waals surface area contributed by atoms with Crippen molar-refractivity contribution in [1.29, 1.82) is 0 Å². The van der Waals surface area contributed by atoms with Gasteiger partial charge in [-0.2, -0.15) is 0 Å². The van der Waals surface area contributed by atoms with Crippen molar-refractivity contribution < 1.29 is 27.5 Å². The summed E-state index contributed by atoms with van der Waals surface area (Å²) in [6.07, 6.45) is 0. The van der Waals surface area contributed by atoms with Crippen LogP contribution in [0.4, 0.5) is 5.69 Å². The van der Waals surface area contributed by atoms with E-state index in [1.807, 2.05) is 31.2 Å². The molecule has 4 rings (SSSR count). The molecule has 2 amide bonds. The van der Waals surface area contributed by atoms with Crippen molar-refractivity contribution in [2.24, 2.45) is 0 Å². The van der Waals surface area contributed by atoms with E-state index in [-0.39, 0.29) is 28.7 Å². The maximum Gasteiger partial charge on any atom is 0.251 e. The summed E-state index contributed by atoms with van der Waals surface area (Å²) in [5.74, 6) is 0.827. The Kier molecular flexibility index (Phi) is 10.1. The zero-order valence-electron chi connectivity index (χ0n) is 24.3. The molecule has 0 radical (unpaired) electrons. The molecule has 0 bridgehead atoms. The van der Waals surface area contributed by atoms with E-state index in [0.717, 1.165) is 9.87 Å². The maximum absolute atomic E-state index is 13.0. The third-order valence-electron chi connectivity index (χ3n) is 6.26. The number of benzene rings is 3. The van der Waals surface area contributed by atoms with E-state index >= 15 is 0 Å². The van der Waals surface area contributed by atoms with Crippen LogP contribution in [0.15, 0.2) is 76.8 Å². The number of methoxy groups -OCH3 is 2. The predicted octanol–water partition coefficient (Wildman–Crippen LogP) is 3.50. The number of aryl methyl sites for hydroxylation is 1. The smallest absolute Gasteiger partial charge is 0.251 e. The van der Waals surface area contributed by atoms with Crippen molar-refractivity contribution in [2.45, 2.75) is 23.5 Å². The van der Waals surface area contributed by atoms with E-state index in [9.17, 15) is 18.0 Å². The largest absolute Gasteiger partial charge is 0.497 e. The molecule has 1 aromatic heterocycles. The number of hydrogen-bond acceptors (Lipinski definition) is 9. The Morgan fingerprint density at radius 1 is 0.977 bits per heavy atom. The number of hydrogen-bond donors (Lipinski definition) is 2. The molecule has 0 unspecified atom stereocenters. The fourth-order valence-electron chi connectivity index (χ4n) is 4.02. The van der Waals surface area contributed by atoms with Crippen LogP contribution in [-0.4, -0.2) is 73.4 Å². The van der Waals surface area contributed by atoms with Gasteiger partial charge < -0.3 is 20.1 Å². The fraction of sp³-hybridized carbons (Fsp3) is 0.241. The van der Waals surface area contributed by atoms with E-state index in [2.05, 4.69) is 20.8 Å². The highest BCUT2D eigenvalue weighted by molar-refractivity contribution is 7.99. The zero-order chi connectivity index (χ0) is 31.1. The van der Waals surface area contributed by atoms with Gasteiger partial charge in [0.05, 0.1) is 37.1 Å². The molecule has 0 aliphatic rings. The number of rotatable bonds is 12. The zero-order valence-corrected chi connectivity index (χ0v) is 26.0. The predicted molar refractivity (Wildman–Crippen MR) is 163 cm³/mol. The Hall–Kier alpha value is -4.40. The second-order valence-electron chi connectivity index (χ2n) is 9.47. The SMILES string of the molecule is COc1ccc(-n2c(CNC(=O)c3ccc(S(=O)(=O)N(C)C)cc3)nnc2SCC(=O)Nc2cccc(C)c2)c(OC)c1. The molecular formula is C29H32N6O6S2. The van der Waals surface area contributed by atoms with Crippen LogP contribution in [-0.2, 0) is 21.4 Å². The highest BCUT2D eigenvalue weighted by Crippen LogP contribution is 2.32. The lowest BCUT2D eigenvalue weighted by Gasteiger charge is -2.15. The molecule has 1 heterocycles. The highest BCUT2D eigenvalue weighted by Gasteiger charge is 2.21. The summed E-state index contributed by atoms with van der Waals surface area (Å²) >= 11 is 1.18. The molecule has 0 saturated carbocycles. The van der Waals surface area contributed by atoms with Crippen LogP contribution in [0.1, 0.15) is 21.7 Å². The minimum Gasteiger partial charge on any atom is -0.497 e. The number of anilines is 1. The molecule has 4 aromatic rings. The lowest BCUT2D eigenvalue weighted by molar-refractivity contribution is -0.113. The number of carbonyl (C=O) groups excluding carboxylic acids is 2. The second kappa shape index (κ2) is 13.7. The van der Waals surface area contributed by atoms with Gasteiger partial charge in [0.1, 0.15) is 11.5 Å². The number of nitrogens with zero attached hydrogens (tertiary/aromatic N) is 4. The van der Waals surface area contributed by atoms with E-state index in [1.54, 1.807) is 29.9 Å². The number of nitrogens with one attached hydrogen (secondary N) is 2. The summed E-state index contributed by atoms with van der Waals surface area (Å²) in [5, 5.41) is 14.7. The Morgan fingerprint density at radius 3 is 2.37 bits per heavy atom. The average Bonchev–Trinajstić information content (AvgIpc) is 3.40. The van der Waals surface area contributed by atoms with Crippen molar-refractivity contribution >= 4 is 39.3 Å². The third-order valence-corrected chi connectivity index (χ3v) is 9.02. The Balaban J connectivity index is 1.56. The molecule has 226 valence electrons. The molecule has 43 heavy (non-hydrogen) atoms. The van der Waals surface area contributed by atoms with Gasteiger partial charge in [-0.3, -0.25) is 14.2 Å². The van der Waals surface area contributed by atoms with Gasteiger partial charge in [-0.15, -0.1) is 10.2 Å². The highest BCUT2D eigenvalue weighted by atomic mass is 32.2. The molecule has 2 N–H and O–H groups in total. The first-order valence-electron chi connectivity index (χ1n) is 13.0. The molecule has 14 heteroatoms. The van der Waals surface area contributed by atoms with Crippen molar-refractivity contribution in [3.8, 4) is 17.2 Å². The van der Waals surface area contributed by atoms with Crippen molar-refractivity contribution in [3.05, 3.63) is 83.7 Å². The van der Waals surface area contributed by atoms with Crippen molar-refractivity contribution in [3.63, 3.8) is 0 Å². The minimum absolute atomic E-state index is 0.0190. The molecule has 0 aliphatic carbocycles. The van der Waals surface area contributed by atoms with Gasteiger partial charge in [-0.05, 0) is 61.0 Å². The number of sulfonamides is 1. The van der Waals surface area contributed by atoms with Crippen LogP contribution in [0.5, 0.6) is 11.5 Å². The molecule has 0 atom stereocenters. The number of thioether (sulfide) groups is 1. The van der Waals surface area contributed by atoms with Crippen LogP contribution in [0.2, 0.25) is 0 Å². The van der Waals surface area contributed by atoms with Gasteiger partial charge in [0.15, 0.2) is 11.0 Å². The number of carbonyl (C=O) groups is 2. The van der Waals surface area contributed by atoms with Gasteiger partial charge in [-0.25, -0.2) is 12.7 Å². The second-order valence-corrected chi connectivity index (χ2v) is 12.6. The first-order valence-corrected chi connectivity index (χ1v) is 15.4. The lowest BCUT2D eigenvalue weighted by Crippen LogP contribution is -2.25. The standard InChI is InChI=1S/C29H32N6O6S2/c1-19-7-6-8-21(15-19)31-27(36)18-42-29-33-32-26(35(29)24-14-11-22(40-4)16-25(24)41-5)17-30-28(37)20-9-12-23(13-10-20)43(38,39)34(2)3/h6-16H,17-18H2,1-5H3,(H,30,37)(H,31,36). The van der Waals surface area contributed by atoms with Gasteiger partial charge in [0.25, 0.3) is 5.91 Å². The molecule has 0 spiro atoms. The minimum atomic E-state index is -3.62. The van der Waals surface area contributed by atoms with Crippen LogP contribution >= 0.6 is 11.8 Å². The average molecular weight is 625 g/mol. The maximum atomic E-state index is 13.0. The molecule has 0 saturated heterocycles. The Bertz CT molecular complexity index is 1720. The molecular weight excluding hydrogens is 592 g/mol. The monoisotopic (exact) mass is 624 g/mol. The summed E-state index contributed by atoms with van der Waals surface area (Å²) in [7, 11) is 2.32. The van der Waals surface area contributed by atoms with Crippen molar-refractivity contribution in [2.75, 3.05) is 39.4 Å². The van der Waals surface area contributed by atoms with Gasteiger partial charge in [-0.1, -0.05) is 23.9 Å². The quantitative estimate of drug-likeness (QED) is 0.226. The van der Waals surface area contributed by atoms with E-state index in [4.69, 9.17) is 9.47 Å². The Morgan fingerprint density at radius 2 is 1.72 bits per heavy atom. The van der Waals surface area contributed by atoms with Crippen LogP contribution in [0.3, 0.4) is 0 Å². The summed E-state index contributed by atoms with van der Waals surface area (Å²) < 4.78 is 38.4. The number of aromatic nitrogens is 3.